The summed E-state index contributed by atoms with van der Waals surface area (Å²) in [4.78, 5) is 25.7. The first-order chi connectivity index (χ1) is 17.4. The molecule has 0 bridgehead atoms. The van der Waals surface area contributed by atoms with Crippen LogP contribution in [0.1, 0.15) is 45.7 Å². The van der Waals surface area contributed by atoms with Gasteiger partial charge in [-0.1, -0.05) is 42.5 Å². The molecule has 1 amide bonds. The fourth-order valence-corrected chi connectivity index (χ4v) is 3.89. The number of quaternary nitrogens is 1. The molecule has 0 spiro atoms. The zero-order valence-electron chi connectivity index (χ0n) is 21.4. The van der Waals surface area contributed by atoms with Gasteiger partial charge in [0.2, 0.25) is 5.75 Å². The van der Waals surface area contributed by atoms with Gasteiger partial charge in [0.1, 0.15) is 12.1 Å². The number of Topliss-reactive ketones (excluding diaryl/α,β-unsaturated/α-hetero) is 1. The van der Waals surface area contributed by atoms with E-state index in [-0.39, 0.29) is 30.1 Å². The number of carbonyl (C=O) groups is 2. The van der Waals surface area contributed by atoms with Crippen molar-refractivity contribution in [1.82, 2.24) is 0 Å². The zero-order valence-corrected chi connectivity index (χ0v) is 22.1. The second kappa shape index (κ2) is 14.2. The Balaban J connectivity index is 0.00000481. The van der Waals surface area contributed by atoms with Crippen molar-refractivity contribution >= 4 is 17.4 Å². The maximum absolute atomic E-state index is 12.9. The fraction of sp³-hybridized carbons (Fsp3) is 0.286. The molecular weight excluding hydrogens is 496 g/mol. The third-order valence-corrected chi connectivity index (χ3v) is 5.92. The van der Waals surface area contributed by atoms with E-state index in [1.807, 2.05) is 42.6 Å². The Kier molecular flexibility index (Phi) is 11.4. The Morgan fingerprint density at radius 1 is 0.892 bits per heavy atom. The second-order valence-electron chi connectivity index (χ2n) is 8.36. The summed E-state index contributed by atoms with van der Waals surface area (Å²) in [6, 6.07) is 19.3. The van der Waals surface area contributed by atoms with E-state index < -0.39 is 6.10 Å². The normalized spacial score (nSPS) is 12.0. The summed E-state index contributed by atoms with van der Waals surface area (Å²) in [5.74, 6) is 0.710. The first-order valence-corrected chi connectivity index (χ1v) is 11.7. The van der Waals surface area contributed by atoms with Gasteiger partial charge < -0.3 is 42.4 Å². The molecule has 0 aliphatic carbocycles. The molecule has 0 aromatic heterocycles. The molecule has 4 N–H and O–H groups in total. The quantitative estimate of drug-likeness (QED) is 0.290. The van der Waals surface area contributed by atoms with Gasteiger partial charge in [-0.3, -0.25) is 9.59 Å². The lowest BCUT2D eigenvalue weighted by Gasteiger charge is -2.17. The van der Waals surface area contributed by atoms with Gasteiger partial charge in [0.05, 0.1) is 34.3 Å². The molecule has 3 aromatic carbocycles. The number of hydrogen-bond donors (Lipinski definition) is 3. The van der Waals surface area contributed by atoms with Crippen molar-refractivity contribution in [1.29, 1.82) is 0 Å². The minimum Gasteiger partial charge on any atom is -1.00 e. The number of rotatable bonds is 12. The Morgan fingerprint density at radius 3 is 2.14 bits per heavy atom. The maximum Gasteiger partial charge on any atom is 0.255 e. The number of aliphatic hydroxyl groups excluding tert-OH is 1. The molecule has 198 valence electrons. The number of nitrogens with two attached hydrogens (primary N) is 1. The molecule has 8 nitrogen and oxygen atoms in total. The number of ketones is 1. The standard InChI is InChI=1S/C28H32N2O6.ClH/c1-18(26(32)19-9-6-5-7-10-19)29-14-13-23(31)20-11-8-12-22(15-20)30-28(33)21-16-24(34-2)27(36-4)25(17-21)35-3;/h5-12,15-18,26,29,32H,13-14H2,1-4H3,(H,30,33);1H. The lowest BCUT2D eigenvalue weighted by atomic mass is 10.0. The number of amides is 1. The molecule has 0 aliphatic heterocycles. The molecule has 2 atom stereocenters. The van der Waals surface area contributed by atoms with E-state index in [0.717, 1.165) is 5.56 Å². The predicted molar refractivity (Wildman–Crippen MR) is 137 cm³/mol. The van der Waals surface area contributed by atoms with Crippen LogP contribution in [0.4, 0.5) is 5.69 Å². The van der Waals surface area contributed by atoms with Crippen molar-refractivity contribution in [3.05, 3.63) is 83.4 Å². The smallest absolute Gasteiger partial charge is 0.255 e. The third kappa shape index (κ3) is 7.69. The van der Waals surface area contributed by atoms with Gasteiger partial charge in [0.25, 0.3) is 5.91 Å². The number of halogens is 1. The highest BCUT2D eigenvalue weighted by Gasteiger charge is 2.20. The highest BCUT2D eigenvalue weighted by molar-refractivity contribution is 6.06. The number of methoxy groups -OCH3 is 3. The Labute approximate surface area is 223 Å². The van der Waals surface area contributed by atoms with Crippen LogP contribution in [0.2, 0.25) is 0 Å². The minimum absolute atomic E-state index is 0. The molecule has 0 radical (unpaired) electrons. The van der Waals surface area contributed by atoms with Crippen molar-refractivity contribution < 1.29 is 46.6 Å². The molecule has 3 aromatic rings. The van der Waals surface area contributed by atoms with Crippen molar-refractivity contribution in [3.8, 4) is 17.2 Å². The molecule has 37 heavy (non-hydrogen) atoms. The van der Waals surface area contributed by atoms with Crippen molar-refractivity contribution in [2.75, 3.05) is 33.2 Å². The summed E-state index contributed by atoms with van der Waals surface area (Å²) in [6.07, 6.45) is -0.314. The predicted octanol–water partition coefficient (Wildman–Crippen LogP) is 0.227. The molecule has 0 heterocycles. The van der Waals surface area contributed by atoms with Crippen LogP contribution in [0.25, 0.3) is 0 Å². The number of aliphatic hydroxyl groups is 1. The number of hydrogen-bond acceptors (Lipinski definition) is 6. The van der Waals surface area contributed by atoms with Gasteiger partial charge >= 0.3 is 0 Å². The first kappa shape index (κ1) is 29.6. The molecule has 0 fully saturated rings. The van der Waals surface area contributed by atoms with Gasteiger partial charge in [0, 0.05) is 16.8 Å². The van der Waals surface area contributed by atoms with Crippen LogP contribution in [0.15, 0.2) is 66.7 Å². The van der Waals surface area contributed by atoms with E-state index in [2.05, 4.69) is 5.32 Å². The molecule has 0 aliphatic rings. The Hall–Kier alpha value is -3.59. The highest BCUT2D eigenvalue weighted by Crippen LogP contribution is 2.38. The van der Waals surface area contributed by atoms with Gasteiger partial charge in [-0.05, 0) is 36.8 Å². The number of anilines is 1. The monoisotopic (exact) mass is 528 g/mol. The SMILES string of the molecule is COc1cc(C(=O)Nc2cccc(C(=O)CC[NH2+]C(C)C(O)c3ccccc3)c2)cc(OC)c1OC.[Cl-]. The van der Waals surface area contributed by atoms with Gasteiger partial charge in [-0.15, -0.1) is 0 Å². The van der Waals surface area contributed by atoms with E-state index in [4.69, 9.17) is 14.2 Å². The average Bonchev–Trinajstić information content (AvgIpc) is 2.92. The van der Waals surface area contributed by atoms with E-state index in [1.165, 1.54) is 21.3 Å². The topological polar surface area (TPSA) is 111 Å². The highest BCUT2D eigenvalue weighted by atomic mass is 35.5. The van der Waals surface area contributed by atoms with E-state index in [0.29, 0.717) is 47.0 Å². The van der Waals surface area contributed by atoms with Crippen molar-refractivity contribution in [2.45, 2.75) is 25.5 Å². The molecule has 0 saturated heterocycles. The van der Waals surface area contributed by atoms with E-state index in [1.54, 1.807) is 36.4 Å². The lowest BCUT2D eigenvalue weighted by Crippen LogP contribution is -3.00. The molecule has 0 saturated carbocycles. The van der Waals surface area contributed by atoms with E-state index in [9.17, 15) is 14.7 Å². The minimum atomic E-state index is -0.616. The van der Waals surface area contributed by atoms with E-state index >= 15 is 0 Å². The molecule has 2 unspecified atom stereocenters. The van der Waals surface area contributed by atoms with Gasteiger partial charge in [-0.2, -0.15) is 0 Å². The fourth-order valence-electron chi connectivity index (χ4n) is 3.89. The first-order valence-electron chi connectivity index (χ1n) is 11.7. The molecule has 9 heteroatoms. The average molecular weight is 529 g/mol. The van der Waals surface area contributed by atoms with Crippen LogP contribution in [-0.2, 0) is 0 Å². The number of nitrogens with one attached hydrogen (secondary N) is 1. The van der Waals surface area contributed by atoms with Crippen LogP contribution in [-0.4, -0.2) is 50.7 Å². The van der Waals surface area contributed by atoms with Gasteiger partial charge in [-0.25, -0.2) is 0 Å². The summed E-state index contributed by atoms with van der Waals surface area (Å²) in [5, 5.41) is 15.3. The van der Waals surface area contributed by atoms with Crippen LogP contribution >= 0.6 is 0 Å². The van der Waals surface area contributed by atoms with Gasteiger partial charge in [0.15, 0.2) is 17.3 Å². The Morgan fingerprint density at radius 2 is 1.54 bits per heavy atom. The molecular formula is C28H33ClN2O6. The third-order valence-electron chi connectivity index (χ3n) is 5.92. The second-order valence-corrected chi connectivity index (χ2v) is 8.36. The summed E-state index contributed by atoms with van der Waals surface area (Å²) < 4.78 is 15.9. The lowest BCUT2D eigenvalue weighted by molar-refractivity contribution is -0.693. The molecule has 3 rings (SSSR count). The maximum atomic E-state index is 12.9. The van der Waals surface area contributed by atoms with Crippen LogP contribution in [0, 0.1) is 0 Å². The summed E-state index contributed by atoms with van der Waals surface area (Å²) in [7, 11) is 4.45. The van der Waals surface area contributed by atoms with Crippen molar-refractivity contribution in [3.63, 3.8) is 0 Å². The number of carbonyl (C=O) groups excluding carboxylic acids is 2. The largest absolute Gasteiger partial charge is 1.00 e. The van der Waals surface area contributed by atoms with Crippen LogP contribution < -0.4 is 37.3 Å². The van der Waals surface area contributed by atoms with Crippen LogP contribution in [0.5, 0.6) is 17.2 Å². The van der Waals surface area contributed by atoms with Crippen molar-refractivity contribution in [2.24, 2.45) is 0 Å². The number of ether oxygens (including phenoxy) is 3. The Bertz CT molecular complexity index is 1160. The summed E-state index contributed by atoms with van der Waals surface area (Å²) in [6.45, 7) is 2.47. The van der Waals surface area contributed by atoms with Crippen LogP contribution in [0.3, 0.4) is 0 Å². The zero-order chi connectivity index (χ0) is 26.1. The summed E-state index contributed by atoms with van der Waals surface area (Å²) in [5.41, 5.74) is 2.17. The summed E-state index contributed by atoms with van der Waals surface area (Å²) >= 11 is 0. The number of benzene rings is 3.